The minimum Gasteiger partial charge on any atom is -1.00 e. The Morgan fingerprint density at radius 3 is 1.29 bits per heavy atom. The molecule has 1 radical (unpaired) electrons. The fourth-order valence-electron chi connectivity index (χ4n) is 0. The molecule has 0 aromatic rings. The van der Waals surface area contributed by atoms with E-state index in [0.717, 1.165) is 0 Å². The summed E-state index contributed by atoms with van der Waals surface area (Å²) in [6, 6.07) is 0. The van der Waals surface area contributed by atoms with Gasteiger partial charge in [0.1, 0.15) is 0 Å². The summed E-state index contributed by atoms with van der Waals surface area (Å²) < 4.78 is 0. The number of hydrogen-bond donors (Lipinski definition) is 3. The van der Waals surface area contributed by atoms with Crippen LogP contribution < -0.4 is 29.6 Å². The zero-order valence-corrected chi connectivity index (χ0v) is 9.38. The Morgan fingerprint density at radius 2 is 1.29 bits per heavy atom. The molecule has 0 bridgehead atoms. The first-order chi connectivity index (χ1) is 2.00. The number of hydrogen-bond acceptors (Lipinski definition) is 1. The van der Waals surface area contributed by atoms with Crippen LogP contribution in [0, 0.1) is 0 Å². The van der Waals surface area contributed by atoms with E-state index in [1.807, 2.05) is 0 Å². The summed E-state index contributed by atoms with van der Waals surface area (Å²) in [4.78, 5) is 22.7. The summed E-state index contributed by atoms with van der Waals surface area (Å²) >= 11 is 3.60. The molecule has 0 rings (SSSR count). The van der Waals surface area contributed by atoms with E-state index in [1.165, 1.54) is 0 Å². The summed E-state index contributed by atoms with van der Waals surface area (Å²) in [5.74, 6) is 0. The van der Waals surface area contributed by atoms with Crippen LogP contribution in [-0.4, -0.2) is 14.7 Å². The maximum Gasteiger partial charge on any atom is 1.00 e. The van der Waals surface area contributed by atoms with E-state index in [0.29, 0.717) is 0 Å². The summed E-state index contributed by atoms with van der Waals surface area (Å²) in [5, 5.41) is 0. The van der Waals surface area contributed by atoms with E-state index in [2.05, 4.69) is 11.8 Å². The topological polar surface area (TPSA) is 60.7 Å². The normalized spacial score (nSPS) is 8.43. The van der Waals surface area contributed by atoms with Gasteiger partial charge in [-0.15, -0.1) is 0 Å². The van der Waals surface area contributed by atoms with Crippen LogP contribution in [-0.2, 0) is 34.2 Å². The smallest absolute Gasteiger partial charge is 1.00 e. The van der Waals surface area contributed by atoms with Crippen LogP contribution >= 0.6 is 6.72 Å². The van der Waals surface area contributed by atoms with Gasteiger partial charge in [0.25, 0.3) is 0 Å². The summed E-state index contributed by atoms with van der Waals surface area (Å²) in [6.45, 7) is -3.81. The Bertz CT molecular complexity index is 65.4. The second kappa shape index (κ2) is 6.39. The first-order valence-electron chi connectivity index (χ1n) is 0.783. The zero-order chi connectivity index (χ0) is 4.50. The van der Waals surface area contributed by atoms with Crippen molar-refractivity contribution in [3.05, 3.63) is 0 Å². The van der Waals surface area contributed by atoms with Gasteiger partial charge >= 0.3 is 36.3 Å². The van der Waals surface area contributed by atoms with E-state index >= 15 is 0 Å². The maximum absolute atomic E-state index is 7.56. The first kappa shape index (κ1) is 16.1. The van der Waals surface area contributed by atoms with E-state index in [-0.39, 0.29) is 53.4 Å². The molecular formula is H4AuNaO3PS. The zero-order valence-electron chi connectivity index (χ0n) is 4.50. The van der Waals surface area contributed by atoms with Crippen molar-refractivity contribution in [1.29, 1.82) is 0 Å². The van der Waals surface area contributed by atoms with Crippen molar-refractivity contribution in [3.63, 3.8) is 0 Å². The van der Waals surface area contributed by atoms with Crippen molar-refractivity contribution in [2.45, 2.75) is 0 Å². The first-order valence-corrected chi connectivity index (χ1v) is 3.44. The average Bonchev–Trinajstić information content (AvgIpc) is 0.722. The minimum atomic E-state index is -3.81. The van der Waals surface area contributed by atoms with E-state index < -0.39 is 6.72 Å². The van der Waals surface area contributed by atoms with Crippen molar-refractivity contribution in [1.82, 2.24) is 0 Å². The molecular weight excluding hydrogens is 331 g/mol. The molecule has 0 fully saturated rings. The molecule has 0 spiro atoms. The molecule has 0 heterocycles. The number of rotatable bonds is 0. The van der Waals surface area contributed by atoms with Crippen LogP contribution in [0.1, 0.15) is 1.43 Å². The average molecular weight is 335 g/mol. The molecule has 0 aromatic carbocycles. The van der Waals surface area contributed by atoms with Gasteiger partial charge in [0, 0.05) is 22.4 Å². The second-order valence-corrected chi connectivity index (χ2v) is 3.01. The van der Waals surface area contributed by atoms with Gasteiger partial charge in [-0.25, -0.2) is 0 Å². The molecule has 45 valence electrons. The second-order valence-electron chi connectivity index (χ2n) is 0.513. The molecule has 0 aliphatic carbocycles. The molecule has 0 atom stereocenters. The van der Waals surface area contributed by atoms with Gasteiger partial charge in [0.2, 0.25) is 0 Å². The van der Waals surface area contributed by atoms with Gasteiger partial charge in [0.05, 0.1) is 0 Å². The molecule has 3 nitrogen and oxygen atoms in total. The monoisotopic (exact) mass is 335 g/mol. The predicted molar refractivity (Wildman–Crippen MR) is 22.1 cm³/mol. The van der Waals surface area contributed by atoms with Crippen LogP contribution in [0.15, 0.2) is 0 Å². The van der Waals surface area contributed by atoms with Crippen molar-refractivity contribution < 1.29 is 68.0 Å². The van der Waals surface area contributed by atoms with Crippen molar-refractivity contribution in [2.75, 3.05) is 0 Å². The van der Waals surface area contributed by atoms with Gasteiger partial charge in [-0.3, -0.25) is 0 Å². The van der Waals surface area contributed by atoms with Crippen molar-refractivity contribution in [2.24, 2.45) is 0 Å². The van der Waals surface area contributed by atoms with Gasteiger partial charge in [-0.05, 0) is 11.8 Å². The Hall–Kier alpha value is 2.27. The third kappa shape index (κ3) is 63.1. The molecule has 3 N–H and O–H groups in total. The van der Waals surface area contributed by atoms with E-state index in [1.54, 1.807) is 0 Å². The Morgan fingerprint density at radius 1 is 1.29 bits per heavy atom. The van der Waals surface area contributed by atoms with Crippen molar-refractivity contribution >= 4 is 18.5 Å². The molecule has 0 aliphatic heterocycles. The molecule has 0 saturated heterocycles. The summed E-state index contributed by atoms with van der Waals surface area (Å²) in [7, 11) is 0. The molecule has 7 heavy (non-hydrogen) atoms. The third-order valence-electron chi connectivity index (χ3n) is 0. The molecule has 0 unspecified atom stereocenters. The maximum atomic E-state index is 7.56. The van der Waals surface area contributed by atoms with Crippen LogP contribution in [0.4, 0.5) is 0 Å². The van der Waals surface area contributed by atoms with Gasteiger partial charge in [-0.1, -0.05) is 0 Å². The van der Waals surface area contributed by atoms with E-state index in [4.69, 9.17) is 14.7 Å². The van der Waals surface area contributed by atoms with Crippen LogP contribution in [0.2, 0.25) is 0 Å². The molecule has 7 heteroatoms. The minimum absolute atomic E-state index is 0. The fraction of sp³-hybridized carbons (Fsp3) is 0. The van der Waals surface area contributed by atoms with E-state index in [9.17, 15) is 0 Å². The molecule has 0 aromatic heterocycles. The molecule has 0 aliphatic rings. The fourth-order valence-corrected chi connectivity index (χ4v) is 0. The molecule has 0 saturated carbocycles. The Labute approximate surface area is 85.7 Å². The van der Waals surface area contributed by atoms with Gasteiger partial charge in [0.15, 0.2) is 0 Å². The summed E-state index contributed by atoms with van der Waals surface area (Å²) in [6.07, 6.45) is 0. The predicted octanol–water partition coefficient (Wildman–Crippen LogP) is -3.70. The third-order valence-corrected chi connectivity index (χ3v) is 0. The Kier molecular flexibility index (Phi) is 14.7. The molecule has 0 amide bonds. The van der Waals surface area contributed by atoms with Crippen LogP contribution in [0.5, 0.6) is 0 Å². The standard InChI is InChI=1S/Au.Na.H3O3PS.H/c;;1-4(2,3)5;/h;;(H3,1,2,3,5);/q;+1;;-1. The Balaban J connectivity index is -0.0000000267. The summed E-state index contributed by atoms with van der Waals surface area (Å²) in [5.41, 5.74) is 0. The largest absolute Gasteiger partial charge is 1.00 e. The van der Waals surface area contributed by atoms with Crippen LogP contribution in [0.25, 0.3) is 0 Å². The SMILES string of the molecule is OP(O)(O)=S.[Au].[H-].[Na+]. The van der Waals surface area contributed by atoms with Crippen molar-refractivity contribution in [3.8, 4) is 0 Å². The quantitative estimate of drug-likeness (QED) is 0.315. The van der Waals surface area contributed by atoms with Gasteiger partial charge < -0.3 is 16.1 Å². The van der Waals surface area contributed by atoms with Gasteiger partial charge in [-0.2, -0.15) is 0 Å². The van der Waals surface area contributed by atoms with Crippen LogP contribution in [0.3, 0.4) is 0 Å².